The number of nitrogens with zero attached hydrogens (tertiary/aromatic N) is 1. The number of rotatable bonds is 18. The average Bonchev–Trinajstić information content (AvgIpc) is 2.87. The summed E-state index contributed by atoms with van der Waals surface area (Å²) >= 11 is 0. The standard InChI is InChI=1S/C26H42N8O6/c1-15(2)13-20(25(39)40)34-23(37)18(9-6-12-31-26(29)30)32-24(38)19(14-16-7-4-3-5-8-16)33-22(36)17(27)10-11-21(28)35/h3-5,7-8,15,17-20H,6,9-14,27H2,1-2H3,(H2,28,35)(H,32,38)(H,33,36)(H,34,37)(H,39,40)(H4,29,30,31). The number of hydrogen-bond acceptors (Lipinski definition) is 7. The number of carbonyl (C=O) groups is 5. The summed E-state index contributed by atoms with van der Waals surface area (Å²) in [4.78, 5) is 65.9. The number of amides is 4. The Balaban J connectivity index is 3.15. The van der Waals surface area contributed by atoms with E-state index in [2.05, 4.69) is 20.9 Å². The Labute approximate surface area is 233 Å². The van der Waals surface area contributed by atoms with Gasteiger partial charge < -0.3 is 44.0 Å². The maximum absolute atomic E-state index is 13.4. The predicted octanol–water partition coefficient (Wildman–Crippen LogP) is -1.54. The van der Waals surface area contributed by atoms with Gasteiger partial charge in [0.2, 0.25) is 23.6 Å². The highest BCUT2D eigenvalue weighted by Crippen LogP contribution is 2.09. The zero-order valence-electron chi connectivity index (χ0n) is 23.0. The van der Waals surface area contributed by atoms with Crippen LogP contribution < -0.4 is 38.9 Å². The zero-order valence-corrected chi connectivity index (χ0v) is 23.0. The molecule has 0 radical (unpaired) electrons. The van der Waals surface area contributed by atoms with Crippen molar-refractivity contribution in [3.63, 3.8) is 0 Å². The zero-order chi connectivity index (χ0) is 30.2. The van der Waals surface area contributed by atoms with Crippen LogP contribution in [0, 0.1) is 5.92 Å². The molecule has 0 aliphatic carbocycles. The van der Waals surface area contributed by atoms with Gasteiger partial charge in [-0.3, -0.25) is 24.2 Å². The molecule has 14 nitrogen and oxygen atoms in total. The molecular weight excluding hydrogens is 520 g/mol. The maximum atomic E-state index is 13.4. The lowest BCUT2D eigenvalue weighted by molar-refractivity contribution is -0.142. The van der Waals surface area contributed by atoms with Crippen molar-refractivity contribution in [3.8, 4) is 0 Å². The fourth-order valence-electron chi connectivity index (χ4n) is 3.78. The van der Waals surface area contributed by atoms with Gasteiger partial charge in [-0.2, -0.15) is 0 Å². The van der Waals surface area contributed by atoms with Crippen molar-refractivity contribution in [2.75, 3.05) is 6.54 Å². The Bertz CT molecular complexity index is 1030. The van der Waals surface area contributed by atoms with Crippen LogP contribution in [0.5, 0.6) is 0 Å². The van der Waals surface area contributed by atoms with E-state index in [0.29, 0.717) is 6.42 Å². The van der Waals surface area contributed by atoms with Gasteiger partial charge in [-0.1, -0.05) is 44.2 Å². The fourth-order valence-corrected chi connectivity index (χ4v) is 3.78. The van der Waals surface area contributed by atoms with Crippen molar-refractivity contribution in [1.29, 1.82) is 0 Å². The van der Waals surface area contributed by atoms with E-state index in [1.165, 1.54) is 0 Å². The minimum absolute atomic E-state index is 0.0108. The van der Waals surface area contributed by atoms with Crippen LogP contribution in [-0.4, -0.2) is 71.4 Å². The highest BCUT2D eigenvalue weighted by molar-refractivity contribution is 5.94. The molecule has 4 amide bonds. The summed E-state index contributed by atoms with van der Waals surface area (Å²) < 4.78 is 0. The third kappa shape index (κ3) is 13.6. The quantitative estimate of drug-likeness (QED) is 0.0585. The summed E-state index contributed by atoms with van der Waals surface area (Å²) in [5, 5.41) is 17.3. The molecule has 4 atom stereocenters. The summed E-state index contributed by atoms with van der Waals surface area (Å²) in [5.41, 5.74) is 22.5. The van der Waals surface area contributed by atoms with E-state index < -0.39 is 53.8 Å². The van der Waals surface area contributed by atoms with Gasteiger partial charge in [0.05, 0.1) is 6.04 Å². The van der Waals surface area contributed by atoms with Gasteiger partial charge >= 0.3 is 5.97 Å². The van der Waals surface area contributed by atoms with Crippen molar-refractivity contribution in [2.45, 2.75) is 76.5 Å². The smallest absolute Gasteiger partial charge is 0.326 e. The molecule has 0 spiro atoms. The van der Waals surface area contributed by atoms with Crippen LogP contribution in [0.2, 0.25) is 0 Å². The lowest BCUT2D eigenvalue weighted by atomic mass is 10.0. The average molecular weight is 563 g/mol. The second kappa shape index (κ2) is 17.4. The first-order valence-electron chi connectivity index (χ1n) is 13.1. The molecule has 1 aromatic rings. The molecule has 1 aromatic carbocycles. The van der Waals surface area contributed by atoms with Crippen LogP contribution in [0.25, 0.3) is 0 Å². The topological polar surface area (TPSA) is 258 Å². The number of carboxylic acids is 1. The SMILES string of the molecule is CC(C)CC(NC(=O)C(CCCN=C(N)N)NC(=O)C(Cc1ccccc1)NC(=O)C(N)CCC(N)=O)C(=O)O. The lowest BCUT2D eigenvalue weighted by Gasteiger charge is -2.25. The first kappa shape index (κ1) is 33.8. The van der Waals surface area contributed by atoms with Crippen LogP contribution in [0.4, 0.5) is 0 Å². The Kier molecular flexibility index (Phi) is 14.7. The van der Waals surface area contributed by atoms with Crippen molar-refractivity contribution >= 4 is 35.6 Å². The van der Waals surface area contributed by atoms with E-state index in [1.807, 2.05) is 13.8 Å². The van der Waals surface area contributed by atoms with Gasteiger partial charge in [-0.25, -0.2) is 4.79 Å². The minimum atomic E-state index is -1.20. The second-order valence-electron chi connectivity index (χ2n) is 9.90. The molecule has 0 aliphatic rings. The van der Waals surface area contributed by atoms with Crippen molar-refractivity contribution in [2.24, 2.45) is 33.8 Å². The van der Waals surface area contributed by atoms with Crippen LogP contribution in [0.1, 0.15) is 51.5 Å². The fraction of sp³-hybridized carbons (Fsp3) is 0.538. The summed E-state index contributed by atoms with van der Waals surface area (Å²) in [6.07, 6.45) is 0.533. The largest absolute Gasteiger partial charge is 0.480 e. The van der Waals surface area contributed by atoms with E-state index in [4.69, 9.17) is 22.9 Å². The van der Waals surface area contributed by atoms with Gasteiger partial charge in [-0.05, 0) is 37.2 Å². The predicted molar refractivity (Wildman–Crippen MR) is 149 cm³/mol. The molecule has 1 rings (SSSR count). The number of carboxylic acid groups (broad SMARTS) is 1. The number of benzene rings is 1. The Hall–Kier alpha value is -4.20. The van der Waals surface area contributed by atoms with Gasteiger partial charge in [0.25, 0.3) is 0 Å². The van der Waals surface area contributed by atoms with E-state index in [9.17, 15) is 29.1 Å². The van der Waals surface area contributed by atoms with Crippen LogP contribution in [0.3, 0.4) is 0 Å². The molecule has 4 unspecified atom stereocenters. The van der Waals surface area contributed by atoms with E-state index in [0.717, 1.165) is 5.56 Å². The highest BCUT2D eigenvalue weighted by atomic mass is 16.4. The molecule has 0 fully saturated rings. The molecule has 0 saturated heterocycles. The Morgan fingerprint density at radius 1 is 0.850 bits per heavy atom. The highest BCUT2D eigenvalue weighted by Gasteiger charge is 2.30. The van der Waals surface area contributed by atoms with Crippen LogP contribution >= 0.6 is 0 Å². The van der Waals surface area contributed by atoms with Crippen LogP contribution in [0.15, 0.2) is 35.3 Å². The van der Waals surface area contributed by atoms with E-state index in [1.54, 1.807) is 30.3 Å². The molecule has 0 aromatic heterocycles. The second-order valence-corrected chi connectivity index (χ2v) is 9.90. The molecule has 0 bridgehead atoms. The number of guanidine groups is 1. The first-order chi connectivity index (χ1) is 18.8. The van der Waals surface area contributed by atoms with Crippen LogP contribution in [-0.2, 0) is 30.4 Å². The minimum Gasteiger partial charge on any atom is -0.480 e. The molecule has 0 aliphatic heterocycles. The Morgan fingerprint density at radius 3 is 1.98 bits per heavy atom. The molecule has 0 heterocycles. The summed E-state index contributed by atoms with van der Waals surface area (Å²) in [7, 11) is 0. The maximum Gasteiger partial charge on any atom is 0.326 e. The van der Waals surface area contributed by atoms with Gasteiger partial charge in [0, 0.05) is 19.4 Å². The Morgan fingerprint density at radius 2 is 1.43 bits per heavy atom. The third-order valence-electron chi connectivity index (χ3n) is 5.85. The number of aliphatic carboxylic acids is 1. The lowest BCUT2D eigenvalue weighted by Crippen LogP contribution is -2.57. The number of aliphatic imine (C=N–C) groups is 1. The van der Waals surface area contributed by atoms with E-state index >= 15 is 0 Å². The molecule has 14 heteroatoms. The third-order valence-corrected chi connectivity index (χ3v) is 5.85. The first-order valence-corrected chi connectivity index (χ1v) is 13.1. The number of nitrogens with two attached hydrogens (primary N) is 4. The van der Waals surface area contributed by atoms with Gasteiger partial charge in [-0.15, -0.1) is 0 Å². The molecular formula is C26H42N8O6. The van der Waals surface area contributed by atoms with Gasteiger partial charge in [0.15, 0.2) is 5.96 Å². The monoisotopic (exact) mass is 562 g/mol. The molecule has 0 saturated carbocycles. The van der Waals surface area contributed by atoms with Gasteiger partial charge in [0.1, 0.15) is 18.1 Å². The number of carbonyl (C=O) groups excluding carboxylic acids is 4. The number of primary amides is 1. The number of hydrogen-bond donors (Lipinski definition) is 8. The normalized spacial score (nSPS) is 13.8. The van der Waals surface area contributed by atoms with Crippen molar-refractivity contribution < 1.29 is 29.1 Å². The molecule has 12 N–H and O–H groups in total. The van der Waals surface area contributed by atoms with E-state index in [-0.39, 0.29) is 50.5 Å². The molecule has 40 heavy (non-hydrogen) atoms. The number of nitrogens with one attached hydrogen (secondary N) is 3. The summed E-state index contributed by atoms with van der Waals surface area (Å²) in [5.74, 6) is -4.02. The van der Waals surface area contributed by atoms with Crippen molar-refractivity contribution in [3.05, 3.63) is 35.9 Å². The summed E-state index contributed by atoms with van der Waals surface area (Å²) in [6.45, 7) is 3.82. The summed E-state index contributed by atoms with van der Waals surface area (Å²) in [6, 6.07) is 4.34. The molecule has 222 valence electrons. The van der Waals surface area contributed by atoms with Crippen molar-refractivity contribution in [1.82, 2.24) is 16.0 Å².